The first kappa shape index (κ1) is 13.9. The third-order valence-corrected chi connectivity index (χ3v) is 5.01. The highest BCUT2D eigenvalue weighted by Crippen LogP contribution is 2.58. The Morgan fingerprint density at radius 1 is 1.00 bits per heavy atom. The minimum Gasteiger partial charge on any atom is -0.427 e. The van der Waals surface area contributed by atoms with Gasteiger partial charge in [-0.2, -0.15) is 13.2 Å². The van der Waals surface area contributed by atoms with E-state index in [1.54, 1.807) is 0 Å². The molecule has 0 saturated heterocycles. The molecule has 0 atom stereocenters. The molecular formula is C13H15F3O4. The van der Waals surface area contributed by atoms with Crippen molar-refractivity contribution in [2.75, 3.05) is 0 Å². The average Bonchev–Trinajstić information content (AvgIpc) is 2.33. The molecule has 1 N–H and O–H groups in total. The van der Waals surface area contributed by atoms with E-state index >= 15 is 0 Å². The zero-order valence-electron chi connectivity index (χ0n) is 10.7. The Balaban J connectivity index is 1.77. The van der Waals surface area contributed by atoms with Crippen LogP contribution >= 0.6 is 0 Å². The van der Waals surface area contributed by atoms with Gasteiger partial charge in [0.1, 0.15) is 0 Å². The lowest BCUT2D eigenvalue weighted by Gasteiger charge is -2.57. The maximum Gasteiger partial charge on any atom is 0.461 e. The highest BCUT2D eigenvalue weighted by molar-refractivity contribution is 6.36. The highest BCUT2D eigenvalue weighted by atomic mass is 19.4. The van der Waals surface area contributed by atoms with Gasteiger partial charge in [-0.15, -0.1) is 0 Å². The molecule has 0 aliphatic heterocycles. The predicted molar refractivity (Wildman–Crippen MR) is 59.1 cm³/mol. The normalized spacial score (nSPS) is 42.6. The van der Waals surface area contributed by atoms with Crippen molar-refractivity contribution in [2.45, 2.75) is 44.1 Å². The molecule has 4 bridgehead atoms. The summed E-state index contributed by atoms with van der Waals surface area (Å²) in [4.78, 5) is 22.2. The molecule has 0 unspecified atom stereocenters. The first-order chi connectivity index (χ1) is 9.20. The number of halogens is 3. The van der Waals surface area contributed by atoms with E-state index in [1.165, 1.54) is 0 Å². The standard InChI is InChI=1S/C13H15F3O4/c14-13(15,16)10(17)11(18)20-12(19)8-2-6-1-7(4-8)5-9(12)3-6/h6-9,19H,1-5H2. The summed E-state index contributed by atoms with van der Waals surface area (Å²) in [5.41, 5.74) is 0. The van der Waals surface area contributed by atoms with Crippen molar-refractivity contribution in [1.82, 2.24) is 0 Å². The molecule has 4 nitrogen and oxygen atoms in total. The monoisotopic (exact) mass is 292 g/mol. The fourth-order valence-corrected chi connectivity index (χ4v) is 4.34. The van der Waals surface area contributed by atoms with Gasteiger partial charge in [0, 0.05) is 11.8 Å². The Labute approximate surface area is 113 Å². The number of Topliss-reactive ketones (excluding diaryl/α,β-unsaturated/α-hetero) is 1. The lowest BCUT2D eigenvalue weighted by atomic mass is 9.53. The first-order valence-electron chi connectivity index (χ1n) is 6.77. The quantitative estimate of drug-likeness (QED) is 0.479. The molecule has 0 amide bonds. The second-order valence-electron chi connectivity index (χ2n) is 6.27. The van der Waals surface area contributed by atoms with Crippen molar-refractivity contribution in [3.63, 3.8) is 0 Å². The molecule has 0 aromatic heterocycles. The Hall–Kier alpha value is -1.11. The first-order valence-corrected chi connectivity index (χ1v) is 6.77. The number of ether oxygens (including phenoxy) is 1. The van der Waals surface area contributed by atoms with Gasteiger partial charge in [-0.3, -0.25) is 4.79 Å². The second kappa shape index (κ2) is 4.19. The lowest BCUT2D eigenvalue weighted by molar-refractivity contribution is -0.302. The van der Waals surface area contributed by atoms with Crippen molar-refractivity contribution in [2.24, 2.45) is 23.7 Å². The van der Waals surface area contributed by atoms with Crippen LogP contribution in [0.3, 0.4) is 0 Å². The molecule has 4 rings (SSSR count). The molecule has 20 heavy (non-hydrogen) atoms. The van der Waals surface area contributed by atoms with Gasteiger partial charge < -0.3 is 9.84 Å². The number of aliphatic hydroxyl groups is 1. The molecule has 4 fully saturated rings. The van der Waals surface area contributed by atoms with Crippen LogP contribution in [0.4, 0.5) is 13.2 Å². The molecule has 0 aromatic rings. The summed E-state index contributed by atoms with van der Waals surface area (Å²) < 4.78 is 41.3. The third-order valence-electron chi connectivity index (χ3n) is 5.01. The molecule has 4 aliphatic rings. The van der Waals surface area contributed by atoms with Crippen LogP contribution in [0.1, 0.15) is 32.1 Å². The van der Waals surface area contributed by atoms with Crippen LogP contribution in [0, 0.1) is 23.7 Å². The largest absolute Gasteiger partial charge is 0.461 e. The number of hydrogen-bond donors (Lipinski definition) is 1. The molecule has 4 saturated carbocycles. The smallest absolute Gasteiger partial charge is 0.427 e. The summed E-state index contributed by atoms with van der Waals surface area (Å²) in [7, 11) is 0. The van der Waals surface area contributed by atoms with E-state index in [9.17, 15) is 27.9 Å². The number of carbonyl (C=O) groups is 2. The van der Waals surface area contributed by atoms with Gasteiger partial charge in [-0.25, -0.2) is 4.79 Å². The highest BCUT2D eigenvalue weighted by Gasteiger charge is 2.60. The molecule has 4 aliphatic carbocycles. The maximum absolute atomic E-state index is 12.2. The van der Waals surface area contributed by atoms with E-state index in [4.69, 9.17) is 0 Å². The van der Waals surface area contributed by atoms with Gasteiger partial charge in [0.15, 0.2) is 0 Å². The molecule has 0 radical (unpaired) electrons. The number of hydrogen-bond acceptors (Lipinski definition) is 4. The minimum atomic E-state index is -5.26. The van der Waals surface area contributed by atoms with Crippen LogP contribution in [-0.2, 0) is 14.3 Å². The molecule has 7 heteroatoms. The van der Waals surface area contributed by atoms with E-state index < -0.39 is 23.7 Å². The van der Waals surface area contributed by atoms with Crippen molar-refractivity contribution < 1.29 is 32.6 Å². The summed E-state index contributed by atoms with van der Waals surface area (Å²) in [6.45, 7) is 0. The molecule has 0 aromatic carbocycles. The Morgan fingerprint density at radius 2 is 1.45 bits per heavy atom. The van der Waals surface area contributed by atoms with Crippen LogP contribution in [0.2, 0.25) is 0 Å². The van der Waals surface area contributed by atoms with Crippen LogP contribution in [-0.4, -0.2) is 28.8 Å². The van der Waals surface area contributed by atoms with Gasteiger partial charge in [0.2, 0.25) is 5.79 Å². The van der Waals surface area contributed by atoms with Crippen molar-refractivity contribution in [1.29, 1.82) is 0 Å². The predicted octanol–water partition coefficient (Wildman–Crippen LogP) is 1.81. The van der Waals surface area contributed by atoms with Gasteiger partial charge in [-0.05, 0) is 43.9 Å². The van der Waals surface area contributed by atoms with Crippen molar-refractivity contribution >= 4 is 11.8 Å². The van der Waals surface area contributed by atoms with Crippen molar-refractivity contribution in [3.05, 3.63) is 0 Å². The third kappa shape index (κ3) is 2.03. The SMILES string of the molecule is O=C(OC1(O)C2CC3CC(C2)CC1C3)C(=O)C(F)(F)F. The Bertz CT molecular complexity index is 429. The van der Waals surface area contributed by atoms with E-state index in [2.05, 4.69) is 4.74 Å². The summed E-state index contributed by atoms with van der Waals surface area (Å²) in [5.74, 6) is -6.23. The molecule has 0 spiro atoms. The van der Waals surface area contributed by atoms with Gasteiger partial charge in [0.25, 0.3) is 0 Å². The number of rotatable bonds is 2. The van der Waals surface area contributed by atoms with E-state index in [0.717, 1.165) is 6.42 Å². The van der Waals surface area contributed by atoms with Crippen LogP contribution in [0.5, 0.6) is 0 Å². The van der Waals surface area contributed by atoms with Gasteiger partial charge in [-0.1, -0.05) is 0 Å². The zero-order chi connectivity index (χ0) is 14.7. The number of ketones is 1. The number of alkyl halides is 3. The topological polar surface area (TPSA) is 63.6 Å². The summed E-state index contributed by atoms with van der Waals surface area (Å²) in [5, 5.41) is 10.5. The van der Waals surface area contributed by atoms with Gasteiger partial charge >= 0.3 is 17.9 Å². The number of carbonyl (C=O) groups excluding carboxylic acids is 2. The lowest BCUT2D eigenvalue weighted by Crippen LogP contribution is -2.60. The minimum absolute atomic E-state index is 0.344. The molecule has 0 heterocycles. The second-order valence-corrected chi connectivity index (χ2v) is 6.27. The number of esters is 1. The van der Waals surface area contributed by atoms with Crippen molar-refractivity contribution in [3.8, 4) is 0 Å². The molecular weight excluding hydrogens is 277 g/mol. The van der Waals surface area contributed by atoms with E-state index in [0.29, 0.717) is 37.5 Å². The van der Waals surface area contributed by atoms with E-state index in [-0.39, 0.29) is 11.8 Å². The van der Waals surface area contributed by atoms with Crippen LogP contribution < -0.4 is 0 Å². The zero-order valence-corrected chi connectivity index (χ0v) is 10.7. The Morgan fingerprint density at radius 3 is 1.85 bits per heavy atom. The summed E-state index contributed by atoms with van der Waals surface area (Å²) in [6, 6.07) is 0. The van der Waals surface area contributed by atoms with E-state index in [1.807, 2.05) is 0 Å². The average molecular weight is 292 g/mol. The maximum atomic E-state index is 12.2. The Kier molecular flexibility index (Phi) is 2.90. The van der Waals surface area contributed by atoms with Crippen LogP contribution in [0.15, 0.2) is 0 Å². The fourth-order valence-electron chi connectivity index (χ4n) is 4.34. The summed E-state index contributed by atoms with van der Waals surface area (Å²) in [6.07, 6.45) is -1.58. The molecule has 112 valence electrons. The summed E-state index contributed by atoms with van der Waals surface area (Å²) >= 11 is 0. The fraction of sp³-hybridized carbons (Fsp3) is 0.846. The van der Waals surface area contributed by atoms with Gasteiger partial charge in [0.05, 0.1) is 0 Å². The van der Waals surface area contributed by atoms with Crippen LogP contribution in [0.25, 0.3) is 0 Å².